The van der Waals surface area contributed by atoms with E-state index >= 15 is 0 Å². The molecule has 112 valence electrons. The zero-order valence-electron chi connectivity index (χ0n) is 13.0. The van der Waals surface area contributed by atoms with Gasteiger partial charge >= 0.3 is 0 Å². The number of nitrogens with one attached hydrogen (secondary N) is 1. The lowest BCUT2D eigenvalue weighted by atomic mass is 10.1. The summed E-state index contributed by atoms with van der Waals surface area (Å²) in [5.41, 5.74) is 1.38. The van der Waals surface area contributed by atoms with E-state index in [1.54, 1.807) is 0 Å². The van der Waals surface area contributed by atoms with Crippen molar-refractivity contribution in [3.8, 4) is 0 Å². The van der Waals surface area contributed by atoms with Gasteiger partial charge < -0.3 is 10.2 Å². The molecule has 1 aromatic heterocycles. The molecule has 1 aliphatic carbocycles. The molecule has 0 bridgehead atoms. The molecule has 0 saturated heterocycles. The van der Waals surface area contributed by atoms with Gasteiger partial charge in [0.05, 0.1) is 0 Å². The Hall–Kier alpha value is -0.610. The summed E-state index contributed by atoms with van der Waals surface area (Å²) in [4.78, 5) is 7.04. The summed E-state index contributed by atoms with van der Waals surface area (Å²) in [7, 11) is 2.19. The highest BCUT2D eigenvalue weighted by Gasteiger charge is 2.23. The van der Waals surface area contributed by atoms with Crippen LogP contribution in [0.4, 0.5) is 5.82 Å². The van der Waals surface area contributed by atoms with Crippen LogP contribution in [0.2, 0.25) is 0 Å². The van der Waals surface area contributed by atoms with Gasteiger partial charge in [-0.1, -0.05) is 12.8 Å². The average Bonchev–Trinajstić information content (AvgIpc) is 2.88. The van der Waals surface area contributed by atoms with E-state index in [9.17, 15) is 0 Å². The molecule has 1 aromatic rings. The number of nitrogens with zero attached hydrogens (tertiary/aromatic N) is 2. The van der Waals surface area contributed by atoms with E-state index in [0.717, 1.165) is 16.8 Å². The number of pyridine rings is 1. The van der Waals surface area contributed by atoms with E-state index in [1.807, 2.05) is 6.20 Å². The molecule has 0 spiro atoms. The van der Waals surface area contributed by atoms with E-state index in [0.29, 0.717) is 6.04 Å². The molecule has 0 amide bonds. The molecule has 1 aliphatic rings. The fourth-order valence-corrected chi connectivity index (χ4v) is 3.13. The Morgan fingerprint density at radius 3 is 2.60 bits per heavy atom. The fraction of sp³-hybridized carbons (Fsp3) is 0.688. The van der Waals surface area contributed by atoms with Crippen LogP contribution in [0.15, 0.2) is 16.7 Å². The van der Waals surface area contributed by atoms with Crippen LogP contribution in [-0.4, -0.2) is 23.6 Å². The lowest BCUT2D eigenvalue weighted by Gasteiger charge is -2.29. The Balaban J connectivity index is 2.18. The van der Waals surface area contributed by atoms with Gasteiger partial charge in [-0.15, -0.1) is 0 Å². The average molecular weight is 340 g/mol. The summed E-state index contributed by atoms with van der Waals surface area (Å²) in [6.07, 6.45) is 7.18. The van der Waals surface area contributed by atoms with Crippen LogP contribution in [0.3, 0.4) is 0 Å². The molecule has 0 aromatic carbocycles. The van der Waals surface area contributed by atoms with Gasteiger partial charge in [0, 0.05) is 41.4 Å². The number of halogens is 1. The highest BCUT2D eigenvalue weighted by molar-refractivity contribution is 9.10. The maximum Gasteiger partial charge on any atom is 0.133 e. The molecule has 0 unspecified atom stereocenters. The minimum Gasteiger partial charge on any atom is -0.356 e. The first-order valence-electron chi connectivity index (χ1n) is 7.49. The number of hydrogen-bond acceptors (Lipinski definition) is 3. The van der Waals surface area contributed by atoms with Crippen LogP contribution in [0.25, 0.3) is 0 Å². The Labute approximate surface area is 131 Å². The fourth-order valence-electron chi connectivity index (χ4n) is 2.75. The number of anilines is 1. The van der Waals surface area contributed by atoms with Crippen molar-refractivity contribution in [2.45, 2.75) is 64.6 Å². The van der Waals surface area contributed by atoms with Crippen LogP contribution in [0, 0.1) is 0 Å². The van der Waals surface area contributed by atoms with E-state index in [2.05, 4.69) is 65.0 Å². The molecular formula is C16H26BrN3. The molecular weight excluding hydrogens is 314 g/mol. The summed E-state index contributed by atoms with van der Waals surface area (Å²) in [6, 6.07) is 2.84. The van der Waals surface area contributed by atoms with Crippen LogP contribution < -0.4 is 10.2 Å². The van der Waals surface area contributed by atoms with Crippen LogP contribution in [0.5, 0.6) is 0 Å². The highest BCUT2D eigenvalue weighted by atomic mass is 79.9. The van der Waals surface area contributed by atoms with Gasteiger partial charge in [-0.2, -0.15) is 0 Å². The SMILES string of the molecule is CN(c1ncc(Br)cc1CNC(C)(C)C)C1CCCC1. The van der Waals surface area contributed by atoms with Gasteiger partial charge in [0.1, 0.15) is 5.82 Å². The van der Waals surface area contributed by atoms with Crippen molar-refractivity contribution < 1.29 is 0 Å². The Kier molecular flexibility index (Phi) is 5.08. The van der Waals surface area contributed by atoms with Gasteiger partial charge in [0.2, 0.25) is 0 Å². The summed E-state index contributed by atoms with van der Waals surface area (Å²) in [6.45, 7) is 7.43. The molecule has 20 heavy (non-hydrogen) atoms. The van der Waals surface area contributed by atoms with Crippen molar-refractivity contribution in [2.75, 3.05) is 11.9 Å². The standard InChI is InChI=1S/C16H26BrN3/c1-16(2,3)19-10-12-9-13(17)11-18-15(12)20(4)14-7-5-6-8-14/h9,11,14,19H,5-8,10H2,1-4H3. The number of aromatic nitrogens is 1. The molecule has 2 rings (SSSR count). The van der Waals surface area contributed by atoms with Crippen molar-refractivity contribution in [1.29, 1.82) is 0 Å². The molecule has 1 N–H and O–H groups in total. The van der Waals surface area contributed by atoms with Crippen LogP contribution in [-0.2, 0) is 6.54 Å². The molecule has 3 nitrogen and oxygen atoms in total. The summed E-state index contributed by atoms with van der Waals surface area (Å²) < 4.78 is 1.05. The normalized spacial score (nSPS) is 16.6. The minimum atomic E-state index is 0.117. The summed E-state index contributed by atoms with van der Waals surface area (Å²) >= 11 is 3.54. The van der Waals surface area contributed by atoms with Gasteiger partial charge in [0.15, 0.2) is 0 Å². The molecule has 0 atom stereocenters. The van der Waals surface area contributed by atoms with E-state index < -0.39 is 0 Å². The first-order valence-corrected chi connectivity index (χ1v) is 8.28. The highest BCUT2D eigenvalue weighted by Crippen LogP contribution is 2.29. The van der Waals surface area contributed by atoms with Crippen LogP contribution >= 0.6 is 15.9 Å². The van der Waals surface area contributed by atoms with Gasteiger partial charge in [-0.3, -0.25) is 0 Å². The topological polar surface area (TPSA) is 28.2 Å². The van der Waals surface area contributed by atoms with Gasteiger partial charge in [-0.05, 0) is 55.6 Å². The maximum absolute atomic E-state index is 4.66. The van der Waals surface area contributed by atoms with Gasteiger partial charge in [-0.25, -0.2) is 4.98 Å². The third-order valence-electron chi connectivity index (χ3n) is 3.93. The molecule has 0 aliphatic heterocycles. The second kappa shape index (κ2) is 6.44. The smallest absolute Gasteiger partial charge is 0.133 e. The lowest BCUT2D eigenvalue weighted by molar-refractivity contribution is 0.423. The minimum absolute atomic E-state index is 0.117. The first kappa shape index (κ1) is 15.8. The third kappa shape index (κ3) is 4.19. The Morgan fingerprint density at radius 2 is 2.00 bits per heavy atom. The molecule has 1 saturated carbocycles. The van der Waals surface area contributed by atoms with E-state index in [-0.39, 0.29) is 5.54 Å². The van der Waals surface area contributed by atoms with E-state index in [1.165, 1.54) is 31.2 Å². The molecule has 0 radical (unpaired) electrons. The van der Waals surface area contributed by atoms with Crippen molar-refractivity contribution in [3.05, 3.63) is 22.3 Å². The largest absolute Gasteiger partial charge is 0.356 e. The molecule has 4 heteroatoms. The molecule has 1 fully saturated rings. The Bertz CT molecular complexity index is 448. The zero-order valence-corrected chi connectivity index (χ0v) is 14.6. The zero-order chi connectivity index (χ0) is 14.8. The van der Waals surface area contributed by atoms with Crippen molar-refractivity contribution in [2.24, 2.45) is 0 Å². The monoisotopic (exact) mass is 339 g/mol. The van der Waals surface area contributed by atoms with Crippen LogP contribution in [0.1, 0.15) is 52.0 Å². The predicted molar refractivity (Wildman–Crippen MR) is 89.2 cm³/mol. The summed E-state index contributed by atoms with van der Waals surface area (Å²) in [5, 5.41) is 3.56. The predicted octanol–water partition coefficient (Wildman–Crippen LogP) is 4.11. The van der Waals surface area contributed by atoms with E-state index in [4.69, 9.17) is 0 Å². The lowest BCUT2D eigenvalue weighted by Crippen LogP contribution is -2.36. The Morgan fingerprint density at radius 1 is 1.35 bits per heavy atom. The van der Waals surface area contributed by atoms with Crippen molar-refractivity contribution in [1.82, 2.24) is 10.3 Å². The van der Waals surface area contributed by atoms with Gasteiger partial charge in [0.25, 0.3) is 0 Å². The quantitative estimate of drug-likeness (QED) is 0.894. The second-order valence-electron chi connectivity index (χ2n) is 6.79. The van der Waals surface area contributed by atoms with Crippen molar-refractivity contribution in [3.63, 3.8) is 0 Å². The first-order chi connectivity index (χ1) is 9.37. The van der Waals surface area contributed by atoms with Crippen molar-refractivity contribution >= 4 is 21.7 Å². The number of hydrogen-bond donors (Lipinski definition) is 1. The molecule has 1 heterocycles. The second-order valence-corrected chi connectivity index (χ2v) is 7.70. The summed E-state index contributed by atoms with van der Waals surface area (Å²) in [5.74, 6) is 1.12. The third-order valence-corrected chi connectivity index (χ3v) is 4.36. The number of rotatable bonds is 4. The maximum atomic E-state index is 4.66.